The molecule has 1 aromatic carbocycles. The van der Waals surface area contributed by atoms with Crippen LogP contribution in [0.4, 0.5) is 0 Å². The molecule has 0 bridgehead atoms. The van der Waals surface area contributed by atoms with Gasteiger partial charge in [-0.2, -0.15) is 5.10 Å². The van der Waals surface area contributed by atoms with Crippen molar-refractivity contribution in [3.05, 3.63) is 53.9 Å². The van der Waals surface area contributed by atoms with E-state index in [0.717, 1.165) is 13.0 Å². The van der Waals surface area contributed by atoms with E-state index in [1.807, 2.05) is 17.9 Å². The number of nitrogens with one attached hydrogen (secondary N) is 1. The number of rotatable bonds is 7. The van der Waals surface area contributed by atoms with Crippen LogP contribution in [-0.4, -0.2) is 22.4 Å². The molecule has 1 aliphatic rings. The molecule has 0 amide bonds. The van der Waals surface area contributed by atoms with Crippen LogP contribution in [0.2, 0.25) is 0 Å². The Morgan fingerprint density at radius 2 is 2.05 bits per heavy atom. The van der Waals surface area contributed by atoms with E-state index in [-0.39, 0.29) is 0 Å². The smallest absolute Gasteiger partial charge is 0.0521 e. The first-order valence-corrected chi connectivity index (χ1v) is 8.01. The first-order chi connectivity index (χ1) is 10.2. The van der Waals surface area contributed by atoms with Crippen molar-refractivity contribution in [2.45, 2.75) is 44.1 Å². The van der Waals surface area contributed by atoms with Crippen molar-refractivity contribution < 1.29 is 0 Å². The van der Waals surface area contributed by atoms with Gasteiger partial charge in [0.1, 0.15) is 0 Å². The van der Waals surface area contributed by atoms with E-state index in [1.54, 1.807) is 0 Å². The van der Waals surface area contributed by atoms with Crippen molar-refractivity contribution in [2.24, 2.45) is 7.05 Å². The fraction of sp³-hybridized carbons (Fsp3) is 0.500. The Morgan fingerprint density at radius 1 is 1.29 bits per heavy atom. The van der Waals surface area contributed by atoms with E-state index in [9.17, 15) is 0 Å². The molecule has 21 heavy (non-hydrogen) atoms. The van der Waals surface area contributed by atoms with E-state index < -0.39 is 0 Å². The van der Waals surface area contributed by atoms with E-state index in [1.165, 1.54) is 30.4 Å². The Hall–Kier alpha value is -1.61. The first-order valence-electron chi connectivity index (χ1n) is 8.01. The Labute approximate surface area is 127 Å². The predicted molar refractivity (Wildman–Crippen MR) is 86.3 cm³/mol. The van der Waals surface area contributed by atoms with Crippen LogP contribution in [-0.2, 0) is 18.9 Å². The number of hydrogen-bond donors (Lipinski definition) is 1. The molecule has 1 atom stereocenters. The summed E-state index contributed by atoms with van der Waals surface area (Å²) in [5, 5.41) is 8.01. The van der Waals surface area contributed by atoms with E-state index in [4.69, 9.17) is 0 Å². The second-order valence-corrected chi connectivity index (χ2v) is 6.19. The molecule has 1 saturated carbocycles. The molecule has 1 N–H and O–H groups in total. The van der Waals surface area contributed by atoms with Crippen LogP contribution in [0.25, 0.3) is 0 Å². The molecule has 2 aromatic rings. The van der Waals surface area contributed by atoms with Crippen LogP contribution in [0.5, 0.6) is 0 Å². The monoisotopic (exact) mass is 283 g/mol. The van der Waals surface area contributed by atoms with Gasteiger partial charge in [-0.3, -0.25) is 4.68 Å². The molecule has 0 aliphatic heterocycles. The third-order valence-electron chi connectivity index (χ3n) is 4.73. The molecule has 0 radical (unpaired) electrons. The Kier molecular flexibility index (Phi) is 4.11. The highest BCUT2D eigenvalue weighted by atomic mass is 15.2. The third kappa shape index (κ3) is 3.03. The summed E-state index contributed by atoms with van der Waals surface area (Å²) >= 11 is 0. The number of nitrogens with zero attached hydrogens (tertiary/aromatic N) is 2. The number of aromatic nitrogens is 2. The van der Waals surface area contributed by atoms with Gasteiger partial charge in [-0.05, 0) is 43.4 Å². The zero-order valence-electron chi connectivity index (χ0n) is 13.0. The molecule has 1 aromatic heterocycles. The SMILES string of the molecule is CCNC(CCc1cnn(C)c1)C1(c2ccccc2)CC1. The van der Waals surface area contributed by atoms with Gasteiger partial charge in [-0.15, -0.1) is 0 Å². The minimum atomic E-state index is 0.361. The molecule has 1 unspecified atom stereocenters. The lowest BCUT2D eigenvalue weighted by Crippen LogP contribution is -2.40. The molecule has 1 heterocycles. The second-order valence-electron chi connectivity index (χ2n) is 6.19. The van der Waals surface area contributed by atoms with Crippen LogP contribution < -0.4 is 5.32 Å². The van der Waals surface area contributed by atoms with Gasteiger partial charge >= 0.3 is 0 Å². The minimum absolute atomic E-state index is 0.361. The summed E-state index contributed by atoms with van der Waals surface area (Å²) in [4.78, 5) is 0. The summed E-state index contributed by atoms with van der Waals surface area (Å²) in [5.41, 5.74) is 3.20. The first kappa shape index (κ1) is 14.3. The fourth-order valence-electron chi connectivity index (χ4n) is 3.48. The number of hydrogen-bond acceptors (Lipinski definition) is 2. The molecule has 3 rings (SSSR count). The van der Waals surface area contributed by atoms with Crippen molar-refractivity contribution in [3.63, 3.8) is 0 Å². The molecule has 0 spiro atoms. The molecule has 3 nitrogen and oxygen atoms in total. The van der Waals surface area contributed by atoms with Gasteiger partial charge < -0.3 is 5.32 Å². The maximum atomic E-state index is 4.27. The maximum absolute atomic E-state index is 4.27. The molecule has 0 saturated heterocycles. The van der Waals surface area contributed by atoms with Gasteiger partial charge in [0.25, 0.3) is 0 Å². The lowest BCUT2D eigenvalue weighted by Gasteiger charge is -2.28. The Bertz CT molecular complexity index is 569. The molecular formula is C18H25N3. The summed E-state index contributed by atoms with van der Waals surface area (Å²) in [6.45, 7) is 3.24. The molecule has 3 heteroatoms. The van der Waals surface area contributed by atoms with Gasteiger partial charge in [-0.25, -0.2) is 0 Å². The minimum Gasteiger partial charge on any atom is -0.313 e. The maximum Gasteiger partial charge on any atom is 0.0521 e. The van der Waals surface area contributed by atoms with Gasteiger partial charge in [0.05, 0.1) is 6.20 Å². The van der Waals surface area contributed by atoms with Gasteiger partial charge in [0, 0.05) is 24.7 Å². The highest BCUT2D eigenvalue weighted by Crippen LogP contribution is 2.51. The largest absolute Gasteiger partial charge is 0.313 e. The zero-order chi connectivity index (χ0) is 14.7. The van der Waals surface area contributed by atoms with Crippen LogP contribution in [0.3, 0.4) is 0 Å². The van der Waals surface area contributed by atoms with Crippen molar-refractivity contribution in [1.29, 1.82) is 0 Å². The van der Waals surface area contributed by atoms with E-state index >= 15 is 0 Å². The molecular weight excluding hydrogens is 258 g/mol. The summed E-state index contributed by atoms with van der Waals surface area (Å²) in [6, 6.07) is 11.6. The average Bonchev–Trinajstić information content (AvgIpc) is 3.22. The normalized spacial score (nSPS) is 17.6. The summed E-state index contributed by atoms with van der Waals surface area (Å²) in [7, 11) is 1.98. The number of benzene rings is 1. The van der Waals surface area contributed by atoms with Crippen LogP contribution in [0, 0.1) is 0 Å². The quantitative estimate of drug-likeness (QED) is 0.846. The van der Waals surface area contributed by atoms with Crippen LogP contribution in [0.1, 0.15) is 37.3 Å². The standard InChI is InChI=1S/C18H25N3/c1-3-19-17(10-9-15-13-20-21(2)14-15)18(11-12-18)16-7-5-4-6-8-16/h4-8,13-14,17,19H,3,9-12H2,1-2H3. The highest BCUT2D eigenvalue weighted by molar-refractivity contribution is 5.34. The molecule has 1 aliphatic carbocycles. The van der Waals surface area contributed by atoms with Gasteiger partial charge in [0.2, 0.25) is 0 Å². The average molecular weight is 283 g/mol. The second kappa shape index (κ2) is 6.02. The van der Waals surface area contributed by atoms with Crippen molar-refractivity contribution in [3.8, 4) is 0 Å². The zero-order valence-corrected chi connectivity index (χ0v) is 13.0. The summed E-state index contributed by atoms with van der Waals surface area (Å²) < 4.78 is 1.89. The molecule has 1 fully saturated rings. The van der Waals surface area contributed by atoms with Crippen molar-refractivity contribution >= 4 is 0 Å². The lowest BCUT2D eigenvalue weighted by atomic mass is 9.85. The Balaban J connectivity index is 1.72. The topological polar surface area (TPSA) is 29.9 Å². The molecule has 112 valence electrons. The van der Waals surface area contributed by atoms with Crippen molar-refractivity contribution in [2.75, 3.05) is 6.54 Å². The third-order valence-corrected chi connectivity index (χ3v) is 4.73. The number of aryl methyl sites for hydroxylation is 2. The van der Waals surface area contributed by atoms with E-state index in [0.29, 0.717) is 11.5 Å². The van der Waals surface area contributed by atoms with Crippen LogP contribution >= 0.6 is 0 Å². The van der Waals surface area contributed by atoms with Crippen LogP contribution in [0.15, 0.2) is 42.7 Å². The van der Waals surface area contributed by atoms with E-state index in [2.05, 4.69) is 53.9 Å². The van der Waals surface area contributed by atoms with Gasteiger partial charge in [-0.1, -0.05) is 37.3 Å². The van der Waals surface area contributed by atoms with Crippen molar-refractivity contribution in [1.82, 2.24) is 15.1 Å². The highest BCUT2D eigenvalue weighted by Gasteiger charge is 2.49. The summed E-state index contributed by atoms with van der Waals surface area (Å²) in [5.74, 6) is 0. The fourth-order valence-corrected chi connectivity index (χ4v) is 3.48. The lowest BCUT2D eigenvalue weighted by molar-refractivity contribution is 0.400. The number of likely N-dealkylation sites (N-methyl/N-ethyl adjacent to an activating group) is 1. The predicted octanol–water partition coefficient (Wildman–Crippen LogP) is 3.06. The summed E-state index contributed by atoms with van der Waals surface area (Å²) in [6.07, 6.45) is 9.01. The Morgan fingerprint density at radius 3 is 2.62 bits per heavy atom. The van der Waals surface area contributed by atoms with Gasteiger partial charge in [0.15, 0.2) is 0 Å².